The lowest BCUT2D eigenvalue weighted by atomic mass is 10.0. The zero-order valence-electron chi connectivity index (χ0n) is 10.4. The predicted octanol–water partition coefficient (Wildman–Crippen LogP) is 2.45. The molecule has 0 spiro atoms. The zero-order chi connectivity index (χ0) is 11.9. The van der Waals surface area contributed by atoms with Crippen molar-refractivity contribution in [2.24, 2.45) is 0 Å². The highest BCUT2D eigenvalue weighted by atomic mass is 16.7. The van der Waals surface area contributed by atoms with Gasteiger partial charge in [0.15, 0.2) is 6.10 Å². The topological polar surface area (TPSA) is 38.8 Å². The molecule has 1 fully saturated rings. The van der Waals surface area contributed by atoms with Gasteiger partial charge in [-0.05, 0) is 41.5 Å². The van der Waals surface area contributed by atoms with Crippen LogP contribution in [0.1, 0.15) is 41.5 Å². The summed E-state index contributed by atoms with van der Waals surface area (Å²) in [6.07, 6.45) is 1.52. The van der Waals surface area contributed by atoms with Gasteiger partial charge >= 0.3 is 5.97 Å². The van der Waals surface area contributed by atoms with Crippen molar-refractivity contribution >= 4 is 5.97 Å². The Balaban J connectivity index is 2.57. The first-order valence-electron chi connectivity index (χ1n) is 5.21. The molecule has 0 N–H and O–H groups in total. The quantitative estimate of drug-likeness (QED) is 0.401. The van der Waals surface area contributed by atoms with Gasteiger partial charge in [-0.2, -0.15) is 0 Å². The van der Waals surface area contributed by atoms with Crippen LogP contribution >= 0.6 is 0 Å². The Morgan fingerprint density at radius 2 is 1.93 bits per heavy atom. The Bertz CT molecular complexity index is 294. The Kier molecular flexibility index (Phi) is 2.97. The van der Waals surface area contributed by atoms with Gasteiger partial charge in [-0.25, -0.2) is 4.79 Å². The van der Waals surface area contributed by atoms with Gasteiger partial charge in [-0.1, -0.05) is 11.6 Å². The number of hydrogen-bond donors (Lipinski definition) is 0. The standard InChI is InChI=1S/C12H20O3/c1-8(2)7-12(6)9(14-12)10(13)15-11(3,4)5/h7,9H,1-6H3/t9-,12-/m0/s1. The van der Waals surface area contributed by atoms with Gasteiger partial charge in [0.2, 0.25) is 0 Å². The Morgan fingerprint density at radius 1 is 1.40 bits per heavy atom. The molecule has 1 rings (SSSR count). The minimum atomic E-state index is -0.457. The number of esters is 1. The van der Waals surface area contributed by atoms with Crippen LogP contribution in [0.25, 0.3) is 0 Å². The molecule has 0 amide bonds. The summed E-state index contributed by atoms with van der Waals surface area (Å²) in [5.41, 5.74) is 0.236. The molecule has 1 saturated heterocycles. The molecule has 0 saturated carbocycles. The molecule has 1 heterocycles. The maximum atomic E-state index is 11.6. The van der Waals surface area contributed by atoms with Crippen LogP contribution in [0.2, 0.25) is 0 Å². The normalized spacial score (nSPS) is 29.6. The Morgan fingerprint density at radius 3 is 2.33 bits per heavy atom. The van der Waals surface area contributed by atoms with Crippen LogP contribution in [-0.2, 0) is 14.3 Å². The summed E-state index contributed by atoms with van der Waals surface area (Å²) in [6, 6.07) is 0. The van der Waals surface area contributed by atoms with Crippen molar-refractivity contribution in [3.05, 3.63) is 11.6 Å². The molecular weight excluding hydrogens is 192 g/mol. The van der Waals surface area contributed by atoms with E-state index in [0.717, 1.165) is 5.57 Å². The fourth-order valence-corrected chi connectivity index (χ4v) is 1.54. The van der Waals surface area contributed by atoms with Gasteiger partial charge in [0.25, 0.3) is 0 Å². The van der Waals surface area contributed by atoms with E-state index in [1.165, 1.54) is 0 Å². The Hall–Kier alpha value is -0.830. The molecule has 2 atom stereocenters. The second-order valence-corrected chi connectivity index (χ2v) is 5.44. The predicted molar refractivity (Wildman–Crippen MR) is 58.6 cm³/mol. The first-order valence-corrected chi connectivity index (χ1v) is 5.21. The summed E-state index contributed by atoms with van der Waals surface area (Å²) in [6.45, 7) is 11.4. The van der Waals surface area contributed by atoms with Crippen LogP contribution < -0.4 is 0 Å². The minimum Gasteiger partial charge on any atom is -0.458 e. The third-order valence-electron chi connectivity index (χ3n) is 2.03. The van der Waals surface area contributed by atoms with E-state index < -0.39 is 17.3 Å². The van der Waals surface area contributed by atoms with Gasteiger partial charge < -0.3 is 9.47 Å². The average Bonchev–Trinajstić information content (AvgIpc) is 2.55. The molecule has 1 aliphatic heterocycles. The van der Waals surface area contributed by atoms with Crippen molar-refractivity contribution in [3.63, 3.8) is 0 Å². The molecule has 3 heteroatoms. The molecule has 0 unspecified atom stereocenters. The van der Waals surface area contributed by atoms with E-state index in [9.17, 15) is 4.79 Å². The summed E-state index contributed by atoms with van der Waals surface area (Å²) in [5.74, 6) is -0.275. The number of carbonyl (C=O) groups is 1. The highest BCUT2D eigenvalue weighted by Crippen LogP contribution is 2.39. The van der Waals surface area contributed by atoms with Crippen molar-refractivity contribution in [1.82, 2.24) is 0 Å². The molecule has 0 radical (unpaired) electrons. The summed E-state index contributed by atoms with van der Waals surface area (Å²) in [7, 11) is 0. The van der Waals surface area contributed by atoms with Crippen LogP contribution in [0, 0.1) is 0 Å². The number of allylic oxidation sites excluding steroid dienone is 1. The lowest BCUT2D eigenvalue weighted by Gasteiger charge is -2.18. The third kappa shape index (κ3) is 3.34. The second-order valence-electron chi connectivity index (χ2n) is 5.44. The number of carbonyl (C=O) groups excluding carboxylic acids is 1. The zero-order valence-corrected chi connectivity index (χ0v) is 10.4. The fraction of sp³-hybridized carbons (Fsp3) is 0.750. The highest BCUT2D eigenvalue weighted by Gasteiger charge is 2.57. The van der Waals surface area contributed by atoms with E-state index in [2.05, 4.69) is 0 Å². The van der Waals surface area contributed by atoms with E-state index in [0.29, 0.717) is 0 Å². The van der Waals surface area contributed by atoms with Crippen LogP contribution in [0.4, 0.5) is 0 Å². The van der Waals surface area contributed by atoms with E-state index in [1.807, 2.05) is 47.6 Å². The molecule has 1 aliphatic rings. The molecule has 0 bridgehead atoms. The first kappa shape index (κ1) is 12.2. The van der Waals surface area contributed by atoms with E-state index >= 15 is 0 Å². The van der Waals surface area contributed by atoms with E-state index in [1.54, 1.807) is 0 Å². The molecular formula is C12H20O3. The average molecular weight is 212 g/mol. The van der Waals surface area contributed by atoms with Crippen molar-refractivity contribution in [3.8, 4) is 0 Å². The number of rotatable bonds is 2. The van der Waals surface area contributed by atoms with Gasteiger partial charge in [0.05, 0.1) is 0 Å². The summed E-state index contributed by atoms with van der Waals surface area (Å²) >= 11 is 0. The van der Waals surface area contributed by atoms with E-state index in [-0.39, 0.29) is 5.97 Å². The molecule has 0 aromatic carbocycles. The molecule has 3 nitrogen and oxygen atoms in total. The molecule has 0 aliphatic carbocycles. The molecule has 0 aromatic heterocycles. The molecule has 15 heavy (non-hydrogen) atoms. The van der Waals surface area contributed by atoms with E-state index in [4.69, 9.17) is 9.47 Å². The van der Waals surface area contributed by atoms with Gasteiger partial charge in [-0.3, -0.25) is 0 Å². The largest absolute Gasteiger partial charge is 0.458 e. The van der Waals surface area contributed by atoms with Crippen LogP contribution in [-0.4, -0.2) is 23.3 Å². The van der Waals surface area contributed by atoms with Gasteiger partial charge in [0, 0.05) is 0 Å². The maximum absolute atomic E-state index is 11.6. The monoisotopic (exact) mass is 212 g/mol. The molecule has 0 aromatic rings. The lowest BCUT2D eigenvalue weighted by Crippen LogP contribution is -2.29. The fourth-order valence-electron chi connectivity index (χ4n) is 1.54. The summed E-state index contributed by atoms with van der Waals surface area (Å²) in [5, 5.41) is 0. The smallest absolute Gasteiger partial charge is 0.339 e. The van der Waals surface area contributed by atoms with Crippen molar-refractivity contribution in [2.75, 3.05) is 0 Å². The van der Waals surface area contributed by atoms with Crippen LogP contribution in [0.5, 0.6) is 0 Å². The van der Waals surface area contributed by atoms with Crippen molar-refractivity contribution < 1.29 is 14.3 Å². The van der Waals surface area contributed by atoms with Gasteiger partial charge in [0.1, 0.15) is 11.2 Å². The minimum absolute atomic E-state index is 0.275. The summed E-state index contributed by atoms with van der Waals surface area (Å²) in [4.78, 5) is 11.6. The van der Waals surface area contributed by atoms with Crippen LogP contribution in [0.3, 0.4) is 0 Å². The van der Waals surface area contributed by atoms with Crippen molar-refractivity contribution in [2.45, 2.75) is 58.8 Å². The SMILES string of the molecule is CC(C)=C[C@]1(C)O[C@H]1C(=O)OC(C)(C)C. The highest BCUT2D eigenvalue weighted by molar-refractivity contribution is 5.80. The number of epoxide rings is 1. The molecule has 86 valence electrons. The summed E-state index contributed by atoms with van der Waals surface area (Å²) < 4.78 is 10.6. The lowest BCUT2D eigenvalue weighted by molar-refractivity contribution is -0.156. The number of ether oxygens (including phenoxy) is 2. The first-order chi connectivity index (χ1) is 6.64. The third-order valence-corrected chi connectivity index (χ3v) is 2.03. The maximum Gasteiger partial charge on any atom is 0.339 e. The van der Waals surface area contributed by atoms with Crippen molar-refractivity contribution in [1.29, 1.82) is 0 Å². The number of hydrogen-bond acceptors (Lipinski definition) is 3. The van der Waals surface area contributed by atoms with Crippen LogP contribution in [0.15, 0.2) is 11.6 Å². The Labute approximate surface area is 91.4 Å². The second kappa shape index (κ2) is 3.63. The van der Waals surface area contributed by atoms with Gasteiger partial charge in [-0.15, -0.1) is 0 Å².